The molecular weight excluding hydrogens is 450 g/mol. The van der Waals surface area contributed by atoms with Gasteiger partial charge in [0.15, 0.2) is 0 Å². The molecule has 3 aliphatic rings. The van der Waals surface area contributed by atoms with Gasteiger partial charge in [0.2, 0.25) is 5.91 Å². The largest absolute Gasteiger partial charge is 0.391 e. The van der Waals surface area contributed by atoms with Gasteiger partial charge >= 0.3 is 0 Å². The second-order valence-electron chi connectivity index (χ2n) is 11.3. The predicted octanol–water partition coefficient (Wildman–Crippen LogP) is 7.05. The Labute approximate surface area is 221 Å². The van der Waals surface area contributed by atoms with Gasteiger partial charge in [-0.3, -0.25) is 4.79 Å². The molecule has 1 amide bonds. The molecular formula is C30H55N3OS. The van der Waals surface area contributed by atoms with E-state index in [0.29, 0.717) is 29.2 Å². The first-order valence-electron chi connectivity index (χ1n) is 14.4. The Morgan fingerprint density at radius 2 is 1.97 bits per heavy atom. The van der Waals surface area contributed by atoms with Crippen molar-refractivity contribution in [1.82, 2.24) is 15.5 Å². The highest BCUT2D eigenvalue weighted by Gasteiger charge is 2.57. The molecule has 0 aromatic heterocycles. The van der Waals surface area contributed by atoms with Gasteiger partial charge in [-0.15, -0.1) is 11.8 Å². The Bertz CT molecular complexity index is 737. The van der Waals surface area contributed by atoms with E-state index >= 15 is 0 Å². The summed E-state index contributed by atoms with van der Waals surface area (Å²) in [4.78, 5) is 14.4. The second-order valence-corrected chi connectivity index (χ2v) is 12.1. The lowest BCUT2D eigenvalue weighted by Gasteiger charge is -2.62. The Morgan fingerprint density at radius 3 is 2.60 bits per heavy atom. The van der Waals surface area contributed by atoms with E-state index in [9.17, 15) is 4.79 Å². The Hall–Kier alpha value is -0.940. The van der Waals surface area contributed by atoms with E-state index in [2.05, 4.69) is 63.8 Å². The highest BCUT2D eigenvalue weighted by atomic mass is 32.2. The van der Waals surface area contributed by atoms with Gasteiger partial charge in [-0.25, -0.2) is 0 Å². The van der Waals surface area contributed by atoms with Crippen LogP contribution in [0, 0.1) is 34.5 Å². The van der Waals surface area contributed by atoms with Crippen LogP contribution in [0.25, 0.3) is 0 Å². The van der Waals surface area contributed by atoms with Gasteiger partial charge in [0.1, 0.15) is 0 Å². The normalized spacial score (nSPS) is 35.5. The van der Waals surface area contributed by atoms with E-state index in [-0.39, 0.29) is 11.3 Å². The first-order chi connectivity index (χ1) is 16.7. The van der Waals surface area contributed by atoms with Crippen LogP contribution in [0.1, 0.15) is 93.4 Å². The van der Waals surface area contributed by atoms with E-state index in [1.807, 2.05) is 43.6 Å². The summed E-state index contributed by atoms with van der Waals surface area (Å²) in [6.45, 7) is 17.2. The van der Waals surface area contributed by atoms with Crippen molar-refractivity contribution in [2.75, 3.05) is 26.5 Å². The number of thioether (sulfide) groups is 1. The highest BCUT2D eigenvalue weighted by Crippen LogP contribution is 2.62. The van der Waals surface area contributed by atoms with Crippen LogP contribution in [0.3, 0.4) is 0 Å². The van der Waals surface area contributed by atoms with Crippen LogP contribution in [0.5, 0.6) is 0 Å². The molecule has 2 N–H and O–H groups in total. The van der Waals surface area contributed by atoms with Crippen molar-refractivity contribution in [2.24, 2.45) is 34.5 Å². The molecule has 0 saturated heterocycles. The topological polar surface area (TPSA) is 44.4 Å². The maximum atomic E-state index is 12.4. The molecule has 3 rings (SSSR count). The molecule has 2 fully saturated rings. The molecule has 5 heteroatoms. The Balaban J connectivity index is 0.00000210. The second kappa shape index (κ2) is 13.6. The molecule has 0 bridgehead atoms. The maximum absolute atomic E-state index is 12.4. The zero-order valence-electron chi connectivity index (χ0n) is 24.2. The summed E-state index contributed by atoms with van der Waals surface area (Å²) >= 11 is 1.89. The quantitative estimate of drug-likeness (QED) is 0.247. The standard InChI is InChI=1S/C28H49N3OS.C2H6/c1-8-10-17-30-19-33-18-24(29-6)20(3)27(4)15-13-23-21(22(27)9-2)11-12-25-28(23,5)16-14-26(32)31(25)7;1-2/h14,16,18,20-23,25,29-30H,8-13,15,17,19H2,1-7H3;1-2H3/t20-,21?,22?,23?,25?,27-,28?;/m1./s1. The number of hydrogen-bond donors (Lipinski definition) is 2. The molecule has 7 atom stereocenters. The zero-order chi connectivity index (χ0) is 26.2. The molecule has 1 aliphatic heterocycles. The number of likely N-dealkylation sites (N-methyl/N-ethyl adjacent to an activating group) is 1. The van der Waals surface area contributed by atoms with E-state index < -0.39 is 0 Å². The monoisotopic (exact) mass is 505 g/mol. The zero-order valence-corrected chi connectivity index (χ0v) is 25.1. The van der Waals surface area contributed by atoms with Gasteiger partial charge < -0.3 is 15.5 Å². The van der Waals surface area contributed by atoms with Crippen molar-refractivity contribution in [3.05, 3.63) is 23.3 Å². The highest BCUT2D eigenvalue weighted by molar-refractivity contribution is 8.02. The number of nitrogens with one attached hydrogen (secondary N) is 2. The maximum Gasteiger partial charge on any atom is 0.246 e. The average molecular weight is 506 g/mol. The number of carbonyl (C=O) groups is 1. The molecule has 2 aliphatic carbocycles. The van der Waals surface area contributed by atoms with Crippen LogP contribution in [-0.4, -0.2) is 43.4 Å². The molecule has 0 aromatic rings. The molecule has 0 spiro atoms. The third kappa shape index (κ3) is 6.14. The lowest BCUT2D eigenvalue weighted by atomic mass is 9.45. The van der Waals surface area contributed by atoms with Crippen molar-refractivity contribution in [3.63, 3.8) is 0 Å². The van der Waals surface area contributed by atoms with Gasteiger partial charge in [0, 0.05) is 43.0 Å². The van der Waals surface area contributed by atoms with Crippen LogP contribution in [0.15, 0.2) is 23.3 Å². The molecule has 2 saturated carbocycles. The minimum atomic E-state index is 0.116. The summed E-state index contributed by atoms with van der Waals surface area (Å²) in [5.74, 6) is 3.80. The minimum absolute atomic E-state index is 0.116. The summed E-state index contributed by atoms with van der Waals surface area (Å²) in [6, 6.07) is 0.361. The number of unbranched alkanes of at least 4 members (excludes halogenated alkanes) is 1. The van der Waals surface area contributed by atoms with Crippen molar-refractivity contribution < 1.29 is 4.79 Å². The molecule has 0 aromatic carbocycles. The van der Waals surface area contributed by atoms with Gasteiger partial charge in [0.25, 0.3) is 0 Å². The number of hydrogen-bond acceptors (Lipinski definition) is 4. The number of fused-ring (bicyclic) bond motifs is 3. The fourth-order valence-corrected chi connectivity index (χ4v) is 8.54. The fourth-order valence-electron chi connectivity index (χ4n) is 7.69. The summed E-state index contributed by atoms with van der Waals surface area (Å²) in [6.07, 6.45) is 12.8. The molecule has 1 heterocycles. The Morgan fingerprint density at radius 1 is 1.26 bits per heavy atom. The lowest BCUT2D eigenvalue weighted by Crippen LogP contribution is -2.60. The van der Waals surface area contributed by atoms with Crippen molar-refractivity contribution in [3.8, 4) is 0 Å². The van der Waals surface area contributed by atoms with Gasteiger partial charge in [-0.05, 0) is 73.3 Å². The number of rotatable bonds is 10. The Kier molecular flexibility index (Phi) is 11.7. The molecule has 35 heavy (non-hydrogen) atoms. The first-order valence-corrected chi connectivity index (χ1v) is 15.5. The first kappa shape index (κ1) is 30.3. The fraction of sp³-hybridized carbons (Fsp3) is 0.833. The molecule has 4 nitrogen and oxygen atoms in total. The van der Waals surface area contributed by atoms with Crippen molar-refractivity contribution >= 4 is 17.7 Å². The molecule has 202 valence electrons. The van der Waals surface area contributed by atoms with Crippen LogP contribution in [0.4, 0.5) is 0 Å². The summed E-state index contributed by atoms with van der Waals surface area (Å²) in [5, 5.41) is 9.48. The van der Waals surface area contributed by atoms with E-state index in [1.54, 1.807) is 0 Å². The summed E-state index contributed by atoms with van der Waals surface area (Å²) in [7, 11) is 4.11. The van der Waals surface area contributed by atoms with E-state index in [1.165, 1.54) is 44.2 Å². The predicted molar refractivity (Wildman–Crippen MR) is 154 cm³/mol. The van der Waals surface area contributed by atoms with Crippen LogP contribution in [-0.2, 0) is 4.79 Å². The number of amides is 1. The smallest absolute Gasteiger partial charge is 0.246 e. The lowest BCUT2D eigenvalue weighted by molar-refractivity contribution is -0.140. The third-order valence-electron chi connectivity index (χ3n) is 9.85. The molecule has 0 radical (unpaired) electrons. The van der Waals surface area contributed by atoms with Gasteiger partial charge in [-0.2, -0.15) is 0 Å². The number of carbonyl (C=O) groups excluding carboxylic acids is 1. The van der Waals surface area contributed by atoms with Crippen molar-refractivity contribution in [2.45, 2.75) is 99.5 Å². The average Bonchev–Trinajstić information content (AvgIpc) is 2.87. The van der Waals surface area contributed by atoms with Gasteiger partial charge in [0.05, 0.1) is 0 Å². The summed E-state index contributed by atoms with van der Waals surface area (Å²) < 4.78 is 0. The molecule has 5 unspecified atom stereocenters. The van der Waals surface area contributed by atoms with E-state index in [0.717, 1.165) is 24.8 Å². The third-order valence-corrected chi connectivity index (χ3v) is 10.6. The van der Waals surface area contributed by atoms with E-state index in [4.69, 9.17) is 0 Å². The minimum Gasteiger partial charge on any atom is -0.391 e. The van der Waals surface area contributed by atoms with Crippen LogP contribution in [0.2, 0.25) is 0 Å². The van der Waals surface area contributed by atoms with Gasteiger partial charge in [-0.1, -0.05) is 67.4 Å². The number of nitrogens with zero attached hydrogens (tertiary/aromatic N) is 1. The van der Waals surface area contributed by atoms with Crippen molar-refractivity contribution in [1.29, 1.82) is 0 Å². The summed E-state index contributed by atoms with van der Waals surface area (Å²) in [5.41, 5.74) is 1.80. The van der Waals surface area contributed by atoms with Crippen LogP contribution >= 0.6 is 11.8 Å². The SMILES string of the molecule is CC.CCCCNCSC=C(NC)[C@@H](C)[C@@]1(C)CCC2C(CCC3N(C)C(=O)C=CC23C)C1CC. The number of allylic oxidation sites excluding steroid dienone is 1. The van der Waals surface area contributed by atoms with Crippen LogP contribution < -0.4 is 10.6 Å².